The van der Waals surface area contributed by atoms with Crippen molar-refractivity contribution < 1.29 is 22.8 Å². The van der Waals surface area contributed by atoms with Crippen LogP contribution in [0.5, 0.6) is 0 Å². The zero-order chi connectivity index (χ0) is 45.1. The Balaban J connectivity index is 0.000000197. The molecule has 2 aromatic heterocycles. The third kappa shape index (κ3) is 9.25. The molecule has 8 aromatic rings. The van der Waals surface area contributed by atoms with E-state index in [1.807, 2.05) is 45.2 Å². The van der Waals surface area contributed by atoms with Crippen LogP contribution in [0.1, 0.15) is 80.4 Å². The SMILES string of the molecule is CC1(C)c2c[c-]c(-c3nc4ccccc4n3-c3ccc(-c4ccccc4)cc3)cc2-c2ccccc21.[2H]C([2H])(c1cc(-c2[c-]ccc(C(C)(C)C)c2)nc[c]1[Ge]([CH3])([CH3])[CH3])C(C)(C)C.[Ir]. The maximum absolute atomic E-state index is 8.90. The second-order valence-corrected chi connectivity index (χ2v) is 30.6. The third-order valence-corrected chi connectivity index (χ3v) is 15.9. The number of hydrogen-bond acceptors (Lipinski definition) is 2. The standard InChI is InChI=1S/C34H25N2.C23H34GeN.Ir/c1-34(2)29-13-7-6-12-27(29)28-22-25(18-21-30(28)34)33-35-31-14-8-9-15-32(31)36(33)26-19-16-24(17-20-26)23-10-4-3-5-11-23;1-22(2,3)15-18-14-21(25-16-20(18)24(7,8)9)17-11-10-12-19(13-17)23(4,5)6;/h3-17,19-22H,1-2H3;10,12-14,16H,15H2,1-9H3;/q2*-1;/i;15D2;. The summed E-state index contributed by atoms with van der Waals surface area (Å²) in [6.07, 6.45) is 0.506. The van der Waals surface area contributed by atoms with Gasteiger partial charge in [-0.15, -0.1) is 29.3 Å². The Morgan fingerprint density at radius 2 is 1.35 bits per heavy atom. The first kappa shape index (κ1) is 42.4. The summed E-state index contributed by atoms with van der Waals surface area (Å²) in [6.45, 7) is 17.1. The van der Waals surface area contributed by atoms with Crippen LogP contribution in [0.2, 0.25) is 17.3 Å². The van der Waals surface area contributed by atoms with Gasteiger partial charge >= 0.3 is 160 Å². The number of hydrogen-bond donors (Lipinski definition) is 0. The minimum Gasteiger partial charge on any atom is 0 e. The second kappa shape index (κ2) is 17.4. The van der Waals surface area contributed by atoms with E-state index in [2.05, 4.69) is 190 Å². The molecule has 0 saturated heterocycles. The van der Waals surface area contributed by atoms with Crippen molar-refractivity contribution in [1.29, 1.82) is 0 Å². The normalized spacial score (nSPS) is 13.9. The maximum atomic E-state index is 8.90. The molecule has 0 aliphatic heterocycles. The van der Waals surface area contributed by atoms with Crippen LogP contribution >= 0.6 is 0 Å². The average molecular weight is 1050 g/mol. The predicted molar refractivity (Wildman–Crippen MR) is 262 cm³/mol. The van der Waals surface area contributed by atoms with Crippen LogP contribution in [0.4, 0.5) is 0 Å². The van der Waals surface area contributed by atoms with Gasteiger partial charge in [0, 0.05) is 25.8 Å². The fourth-order valence-electron chi connectivity index (χ4n) is 8.46. The van der Waals surface area contributed by atoms with Gasteiger partial charge in [0.25, 0.3) is 0 Å². The summed E-state index contributed by atoms with van der Waals surface area (Å²) < 4.78 is 21.2. The van der Waals surface area contributed by atoms with E-state index in [1.54, 1.807) is 0 Å². The van der Waals surface area contributed by atoms with Crippen LogP contribution in [0.25, 0.3) is 61.6 Å². The molecule has 0 fully saturated rings. The monoisotopic (exact) mass is 1050 g/mol. The van der Waals surface area contributed by atoms with E-state index >= 15 is 0 Å². The number of aromatic nitrogens is 3. The summed E-state index contributed by atoms with van der Waals surface area (Å²) in [7, 11) is 0. The topological polar surface area (TPSA) is 30.7 Å². The molecule has 1 aliphatic rings. The van der Waals surface area contributed by atoms with Crippen molar-refractivity contribution in [3.63, 3.8) is 0 Å². The van der Waals surface area contributed by atoms with Crippen molar-refractivity contribution in [2.75, 3.05) is 0 Å². The van der Waals surface area contributed by atoms with Gasteiger partial charge < -0.3 is 4.57 Å². The molecule has 1 radical (unpaired) electrons. The average Bonchev–Trinajstić information content (AvgIpc) is 3.75. The molecule has 0 bridgehead atoms. The van der Waals surface area contributed by atoms with Crippen molar-refractivity contribution in [2.45, 2.75) is 89.9 Å². The molecule has 0 N–H and O–H groups in total. The summed E-state index contributed by atoms with van der Waals surface area (Å²) in [5.74, 6) is 7.80. The van der Waals surface area contributed by atoms with Crippen molar-refractivity contribution in [3.8, 4) is 50.6 Å². The van der Waals surface area contributed by atoms with Crippen LogP contribution < -0.4 is 4.40 Å². The van der Waals surface area contributed by atoms with Gasteiger partial charge in [-0.3, -0.25) is 4.98 Å². The van der Waals surface area contributed by atoms with E-state index in [9.17, 15) is 0 Å². The summed E-state index contributed by atoms with van der Waals surface area (Å²) in [4.78, 5) is 9.83. The first-order chi connectivity index (χ1) is 29.7. The smallest absolute Gasteiger partial charge is 0 e. The number of imidazole rings is 1. The van der Waals surface area contributed by atoms with Gasteiger partial charge in [0.1, 0.15) is 0 Å². The fraction of sp³-hybridized carbons (Fsp3) is 0.263. The Kier molecular flexibility index (Phi) is 11.9. The largest absolute Gasteiger partial charge is 0 e. The molecule has 0 unspecified atom stereocenters. The quantitative estimate of drug-likeness (QED) is 0.123. The molecular formula is C57H59GeIrN3-2. The number of rotatable bonds is 6. The van der Waals surface area contributed by atoms with Gasteiger partial charge in [0.2, 0.25) is 0 Å². The predicted octanol–water partition coefficient (Wildman–Crippen LogP) is 14.4. The van der Waals surface area contributed by atoms with E-state index in [0.29, 0.717) is 0 Å². The summed E-state index contributed by atoms with van der Waals surface area (Å²) in [5, 5.41) is 0. The van der Waals surface area contributed by atoms with E-state index in [-0.39, 0.29) is 30.9 Å². The van der Waals surface area contributed by atoms with Gasteiger partial charge in [-0.2, -0.15) is 0 Å². The Hall–Kier alpha value is -4.87. The summed E-state index contributed by atoms with van der Waals surface area (Å²) >= 11 is -2.29. The molecule has 2 heterocycles. The van der Waals surface area contributed by atoms with Crippen molar-refractivity contribution >= 4 is 28.7 Å². The zero-order valence-corrected chi connectivity index (χ0v) is 42.5. The fourth-order valence-corrected chi connectivity index (χ4v) is 11.4. The minimum absolute atomic E-state index is 0. The van der Waals surface area contributed by atoms with Crippen LogP contribution in [-0.4, -0.2) is 27.8 Å². The molecule has 5 heteroatoms. The maximum Gasteiger partial charge on any atom is 0 e. The molecule has 3 nitrogen and oxygen atoms in total. The first-order valence-electron chi connectivity index (χ1n) is 22.5. The van der Waals surface area contributed by atoms with Gasteiger partial charge in [-0.05, 0) is 51.9 Å². The molecule has 0 saturated carbocycles. The van der Waals surface area contributed by atoms with Crippen molar-refractivity contribution in [3.05, 3.63) is 180 Å². The number of benzene rings is 6. The van der Waals surface area contributed by atoms with E-state index in [0.717, 1.165) is 49.3 Å². The van der Waals surface area contributed by atoms with Crippen LogP contribution in [0.3, 0.4) is 0 Å². The molecule has 6 aromatic carbocycles. The number of para-hydroxylation sites is 2. The van der Waals surface area contributed by atoms with E-state index in [1.165, 1.54) is 38.9 Å². The molecule has 0 amide bonds. The Morgan fingerprint density at radius 1 is 0.694 bits per heavy atom. The Morgan fingerprint density at radius 3 is 2.05 bits per heavy atom. The van der Waals surface area contributed by atoms with E-state index < -0.39 is 25.1 Å². The number of nitrogens with zero attached hydrogens (tertiary/aromatic N) is 3. The summed E-state index contributed by atoms with van der Waals surface area (Å²) in [6, 6.07) is 55.9. The van der Waals surface area contributed by atoms with Crippen LogP contribution in [0, 0.1) is 17.5 Å². The van der Waals surface area contributed by atoms with Crippen LogP contribution in [0.15, 0.2) is 146 Å². The molecule has 1 aliphatic carbocycles. The van der Waals surface area contributed by atoms with Crippen LogP contribution in [-0.2, 0) is 37.3 Å². The Bertz CT molecular complexity index is 2950. The van der Waals surface area contributed by atoms with Gasteiger partial charge in [0.15, 0.2) is 0 Å². The molecule has 62 heavy (non-hydrogen) atoms. The van der Waals surface area contributed by atoms with Gasteiger partial charge in [0.05, 0.1) is 16.9 Å². The van der Waals surface area contributed by atoms with E-state index in [4.69, 9.17) is 12.7 Å². The van der Waals surface area contributed by atoms with Gasteiger partial charge in [-0.1, -0.05) is 98.3 Å². The molecule has 0 atom stereocenters. The minimum atomic E-state index is -2.29. The third-order valence-electron chi connectivity index (χ3n) is 11.7. The first-order valence-corrected chi connectivity index (χ1v) is 28.8. The Labute approximate surface area is 389 Å². The molecule has 317 valence electrons. The van der Waals surface area contributed by atoms with Crippen molar-refractivity contribution in [1.82, 2.24) is 14.5 Å². The molecule has 9 rings (SSSR count). The molecule has 0 spiro atoms. The second-order valence-electron chi connectivity index (χ2n) is 20.0. The number of pyridine rings is 1. The summed E-state index contributed by atoms with van der Waals surface area (Å²) in [5.41, 5.74) is 15.2. The molecular weight excluding hydrogens is 991 g/mol. The zero-order valence-electron chi connectivity index (χ0n) is 40.0. The van der Waals surface area contributed by atoms with Crippen molar-refractivity contribution in [2.24, 2.45) is 5.41 Å². The van der Waals surface area contributed by atoms with Gasteiger partial charge in [-0.25, -0.2) is 0 Å². The number of fused-ring (bicyclic) bond motifs is 4.